The van der Waals surface area contributed by atoms with Crippen molar-refractivity contribution in [3.63, 3.8) is 0 Å². The van der Waals surface area contributed by atoms with Gasteiger partial charge in [-0.05, 0) is 55.9 Å². The first kappa shape index (κ1) is 18.5. The fraction of sp³-hybridized carbons (Fsp3) is 0.364. The van der Waals surface area contributed by atoms with Gasteiger partial charge < -0.3 is 0 Å². The van der Waals surface area contributed by atoms with E-state index in [0.29, 0.717) is 4.90 Å². The molecule has 0 amide bonds. The van der Waals surface area contributed by atoms with Gasteiger partial charge in [-0.1, -0.05) is 42.0 Å². The van der Waals surface area contributed by atoms with Gasteiger partial charge in [-0.3, -0.25) is 0 Å². The highest BCUT2D eigenvalue weighted by molar-refractivity contribution is 7.89. The standard InChI is InChI=1S/C22H24N4O2S/c1-16-2-4-17(5-3-16)18-6-10-22(11-7-18)29(27,28)25-19-8-9-20(25)15-21(14-19)26-23-12-13-24-26/h2-7,10-13,19-21H,8-9,14-15H2,1H3. The number of aromatic nitrogens is 3. The molecule has 2 atom stereocenters. The minimum absolute atomic E-state index is 0.0199. The lowest BCUT2D eigenvalue weighted by Crippen LogP contribution is -2.47. The molecule has 0 aliphatic carbocycles. The monoisotopic (exact) mass is 408 g/mol. The molecule has 2 unspecified atom stereocenters. The first-order valence-electron chi connectivity index (χ1n) is 10.1. The number of fused-ring (bicyclic) bond motifs is 2. The van der Waals surface area contributed by atoms with Crippen molar-refractivity contribution in [2.45, 2.75) is 55.6 Å². The lowest BCUT2D eigenvalue weighted by atomic mass is 10.0. The summed E-state index contributed by atoms with van der Waals surface area (Å²) < 4.78 is 28.6. The van der Waals surface area contributed by atoms with Gasteiger partial charge in [-0.2, -0.15) is 19.3 Å². The van der Waals surface area contributed by atoms with Crippen molar-refractivity contribution < 1.29 is 8.42 Å². The summed E-state index contributed by atoms with van der Waals surface area (Å²) in [7, 11) is -3.51. The van der Waals surface area contributed by atoms with E-state index in [1.165, 1.54) is 5.56 Å². The largest absolute Gasteiger partial charge is 0.243 e. The minimum Gasteiger partial charge on any atom is -0.207 e. The third-order valence-electron chi connectivity index (χ3n) is 6.22. The molecule has 6 nitrogen and oxygen atoms in total. The van der Waals surface area contributed by atoms with Gasteiger partial charge >= 0.3 is 0 Å². The van der Waals surface area contributed by atoms with E-state index in [-0.39, 0.29) is 18.1 Å². The Morgan fingerprint density at radius 2 is 1.31 bits per heavy atom. The molecule has 0 saturated carbocycles. The van der Waals surface area contributed by atoms with Crippen molar-refractivity contribution in [2.75, 3.05) is 0 Å². The summed E-state index contributed by atoms with van der Waals surface area (Å²) in [4.78, 5) is 2.12. The molecule has 0 N–H and O–H groups in total. The Bertz CT molecular complexity index is 1080. The van der Waals surface area contributed by atoms with Crippen LogP contribution >= 0.6 is 0 Å². The second-order valence-corrected chi connectivity index (χ2v) is 9.93. The lowest BCUT2D eigenvalue weighted by Gasteiger charge is -2.37. The molecular weight excluding hydrogens is 384 g/mol. The normalized spacial score (nSPS) is 24.7. The van der Waals surface area contributed by atoms with Crippen LogP contribution in [-0.4, -0.2) is 39.8 Å². The maximum Gasteiger partial charge on any atom is 0.243 e. The molecule has 2 bridgehead atoms. The number of aryl methyl sites for hydroxylation is 1. The molecule has 3 aromatic rings. The molecule has 2 saturated heterocycles. The molecular formula is C22H24N4O2S. The first-order chi connectivity index (χ1) is 14.0. The highest BCUT2D eigenvalue weighted by atomic mass is 32.2. The van der Waals surface area contributed by atoms with Crippen LogP contribution in [0.15, 0.2) is 65.8 Å². The Labute approximate surface area is 171 Å². The van der Waals surface area contributed by atoms with Crippen molar-refractivity contribution in [2.24, 2.45) is 0 Å². The molecule has 2 fully saturated rings. The molecule has 2 aromatic carbocycles. The van der Waals surface area contributed by atoms with Gasteiger partial charge in [-0.15, -0.1) is 0 Å². The van der Waals surface area contributed by atoms with Crippen molar-refractivity contribution in [1.29, 1.82) is 0 Å². The summed E-state index contributed by atoms with van der Waals surface area (Å²) in [6.07, 6.45) is 6.71. The van der Waals surface area contributed by atoms with Crippen LogP contribution in [0.1, 0.15) is 37.3 Å². The fourth-order valence-corrected chi connectivity index (χ4v) is 6.68. The van der Waals surface area contributed by atoms with Gasteiger partial charge in [0.15, 0.2) is 0 Å². The van der Waals surface area contributed by atoms with Crippen LogP contribution < -0.4 is 0 Å². The zero-order valence-electron chi connectivity index (χ0n) is 16.3. The third kappa shape index (κ3) is 3.28. The van der Waals surface area contributed by atoms with Gasteiger partial charge in [0, 0.05) is 12.1 Å². The smallest absolute Gasteiger partial charge is 0.207 e. The van der Waals surface area contributed by atoms with Crippen LogP contribution in [0.3, 0.4) is 0 Å². The van der Waals surface area contributed by atoms with E-state index in [1.54, 1.807) is 33.6 Å². The Hall–Kier alpha value is -2.51. The number of nitrogens with zero attached hydrogens (tertiary/aromatic N) is 4. The van der Waals surface area contributed by atoms with E-state index < -0.39 is 10.0 Å². The van der Waals surface area contributed by atoms with E-state index >= 15 is 0 Å². The van der Waals surface area contributed by atoms with Gasteiger partial charge in [0.25, 0.3) is 0 Å². The van der Waals surface area contributed by atoms with Crippen molar-refractivity contribution >= 4 is 10.0 Å². The average Bonchev–Trinajstić information content (AvgIpc) is 3.36. The number of sulfonamides is 1. The third-order valence-corrected chi connectivity index (χ3v) is 8.24. The molecule has 29 heavy (non-hydrogen) atoms. The molecule has 1 aromatic heterocycles. The summed E-state index contributed by atoms with van der Waals surface area (Å²) in [5, 5.41) is 8.53. The van der Waals surface area contributed by atoms with Crippen LogP contribution in [0, 0.1) is 6.92 Å². The van der Waals surface area contributed by atoms with Crippen molar-refractivity contribution in [3.8, 4) is 11.1 Å². The van der Waals surface area contributed by atoms with Gasteiger partial charge in [0.2, 0.25) is 10.0 Å². The van der Waals surface area contributed by atoms with Crippen LogP contribution in [0.5, 0.6) is 0 Å². The van der Waals surface area contributed by atoms with Gasteiger partial charge in [0.1, 0.15) is 0 Å². The van der Waals surface area contributed by atoms with Crippen molar-refractivity contribution in [1.82, 2.24) is 19.3 Å². The summed E-state index contributed by atoms with van der Waals surface area (Å²) in [6.45, 7) is 2.05. The van der Waals surface area contributed by atoms with Crippen molar-refractivity contribution in [3.05, 3.63) is 66.5 Å². The maximum absolute atomic E-state index is 13.4. The second kappa shape index (κ2) is 7.07. The Balaban J connectivity index is 1.39. The van der Waals surface area contributed by atoms with E-state index in [4.69, 9.17) is 0 Å². The van der Waals surface area contributed by atoms with Crippen LogP contribution in [0.2, 0.25) is 0 Å². The SMILES string of the molecule is Cc1ccc(-c2ccc(S(=O)(=O)N3C4CCC3CC(n3nccn3)C4)cc2)cc1. The summed E-state index contributed by atoms with van der Waals surface area (Å²) in [5.41, 5.74) is 3.32. The number of piperidine rings is 1. The average molecular weight is 409 g/mol. The molecule has 0 radical (unpaired) electrons. The number of rotatable bonds is 4. The number of hydrogen-bond acceptors (Lipinski definition) is 4. The Morgan fingerprint density at radius 3 is 1.86 bits per heavy atom. The zero-order valence-corrected chi connectivity index (χ0v) is 17.2. The van der Waals surface area contributed by atoms with Crippen LogP contribution in [0.25, 0.3) is 11.1 Å². The van der Waals surface area contributed by atoms with E-state index in [1.807, 2.05) is 12.1 Å². The van der Waals surface area contributed by atoms with E-state index in [9.17, 15) is 8.42 Å². The molecule has 2 aliphatic rings. The van der Waals surface area contributed by atoms with Gasteiger partial charge in [-0.25, -0.2) is 8.42 Å². The molecule has 150 valence electrons. The predicted molar refractivity (Wildman–Crippen MR) is 111 cm³/mol. The topological polar surface area (TPSA) is 68.1 Å². The van der Waals surface area contributed by atoms with Gasteiger partial charge in [0.05, 0.1) is 23.3 Å². The first-order valence-corrected chi connectivity index (χ1v) is 11.5. The van der Waals surface area contributed by atoms with Crippen LogP contribution in [0.4, 0.5) is 0 Å². The zero-order chi connectivity index (χ0) is 20.0. The van der Waals surface area contributed by atoms with E-state index in [0.717, 1.165) is 36.8 Å². The molecule has 7 heteroatoms. The summed E-state index contributed by atoms with van der Waals surface area (Å²) in [6, 6.07) is 15.8. The molecule has 2 aliphatic heterocycles. The minimum atomic E-state index is -3.51. The van der Waals surface area contributed by atoms with Crippen LogP contribution in [-0.2, 0) is 10.0 Å². The highest BCUT2D eigenvalue weighted by Crippen LogP contribution is 2.43. The molecule has 5 rings (SSSR count). The number of hydrogen-bond donors (Lipinski definition) is 0. The molecule has 3 heterocycles. The Morgan fingerprint density at radius 1 is 0.793 bits per heavy atom. The fourth-order valence-electron chi connectivity index (χ4n) is 4.79. The number of benzene rings is 2. The quantitative estimate of drug-likeness (QED) is 0.658. The highest BCUT2D eigenvalue weighted by Gasteiger charge is 2.48. The molecule has 0 spiro atoms. The summed E-state index contributed by atoms with van der Waals surface area (Å²) >= 11 is 0. The lowest BCUT2D eigenvalue weighted by molar-refractivity contribution is 0.174. The summed E-state index contributed by atoms with van der Waals surface area (Å²) in [5.74, 6) is 0. The van der Waals surface area contributed by atoms with E-state index in [2.05, 4.69) is 41.4 Å². The Kier molecular flexibility index (Phi) is 4.52. The predicted octanol–water partition coefficient (Wildman–Crippen LogP) is 3.81. The second-order valence-electron chi connectivity index (χ2n) is 8.09. The maximum atomic E-state index is 13.4.